The summed E-state index contributed by atoms with van der Waals surface area (Å²) in [5, 5.41) is 2.21. The summed E-state index contributed by atoms with van der Waals surface area (Å²) < 4.78 is 0. The number of benzene rings is 1. The van der Waals surface area contributed by atoms with Crippen molar-refractivity contribution in [2.75, 3.05) is 0 Å². The number of hydrogen-bond acceptors (Lipinski definition) is 2. The molecule has 13 heavy (non-hydrogen) atoms. The molecule has 0 spiro atoms. The summed E-state index contributed by atoms with van der Waals surface area (Å²) in [4.78, 5) is 0. The number of hydrogen-bond donors (Lipinski definition) is 1. The molecule has 1 aromatic carbocycles. The predicted octanol–water partition coefficient (Wildman–Crippen LogP) is 1.97. The topological polar surface area (TPSA) is 15.0 Å². The van der Waals surface area contributed by atoms with Crippen molar-refractivity contribution >= 4 is 5.70 Å². The van der Waals surface area contributed by atoms with E-state index in [1.165, 1.54) is 23.4 Å². The average molecular weight is 172 g/mol. The SMILES string of the molecule is CC1CC2=C(c3ccccc3)N2N1. The number of fused-ring (bicyclic) bond motifs is 1. The maximum absolute atomic E-state index is 3.40. The van der Waals surface area contributed by atoms with Crippen LogP contribution in [0.15, 0.2) is 36.0 Å². The van der Waals surface area contributed by atoms with Gasteiger partial charge < -0.3 is 0 Å². The molecule has 1 aromatic rings. The standard InChI is InChI=1S/C11H12N2/c1-8-7-10-11(13(10)12-8)9-5-3-2-4-6-9/h2-6,8,12H,7H2,1H3. The van der Waals surface area contributed by atoms with E-state index >= 15 is 0 Å². The number of hydrazine groups is 1. The summed E-state index contributed by atoms with van der Waals surface area (Å²) in [6.07, 6.45) is 1.17. The summed E-state index contributed by atoms with van der Waals surface area (Å²) in [5.41, 5.74) is 7.59. The molecular weight excluding hydrogens is 160 g/mol. The van der Waals surface area contributed by atoms with Gasteiger partial charge in [-0.25, -0.2) is 5.43 Å². The Hall–Kier alpha value is -1.28. The Morgan fingerprint density at radius 1 is 1.31 bits per heavy atom. The van der Waals surface area contributed by atoms with Crippen molar-refractivity contribution in [2.24, 2.45) is 0 Å². The molecule has 1 fully saturated rings. The number of nitrogens with one attached hydrogen (secondary N) is 1. The summed E-state index contributed by atoms with van der Waals surface area (Å²) in [6.45, 7) is 2.21. The van der Waals surface area contributed by atoms with E-state index in [9.17, 15) is 0 Å². The van der Waals surface area contributed by atoms with Crippen LogP contribution in [0.1, 0.15) is 18.9 Å². The van der Waals surface area contributed by atoms with Crippen molar-refractivity contribution in [2.45, 2.75) is 19.4 Å². The van der Waals surface area contributed by atoms with Crippen molar-refractivity contribution in [1.29, 1.82) is 0 Å². The van der Waals surface area contributed by atoms with E-state index in [4.69, 9.17) is 0 Å². The fourth-order valence-corrected chi connectivity index (χ4v) is 1.98. The third-order valence-corrected chi connectivity index (χ3v) is 2.61. The molecule has 0 radical (unpaired) electrons. The van der Waals surface area contributed by atoms with E-state index < -0.39 is 0 Å². The molecule has 2 aliphatic heterocycles. The molecule has 2 heteroatoms. The van der Waals surface area contributed by atoms with Gasteiger partial charge in [-0.1, -0.05) is 30.3 Å². The molecule has 0 bridgehead atoms. The first kappa shape index (κ1) is 7.15. The monoisotopic (exact) mass is 172 g/mol. The van der Waals surface area contributed by atoms with Gasteiger partial charge in [0.15, 0.2) is 0 Å². The normalized spacial score (nSPS) is 25.0. The third-order valence-electron chi connectivity index (χ3n) is 2.61. The van der Waals surface area contributed by atoms with Gasteiger partial charge in [0.2, 0.25) is 0 Å². The highest BCUT2D eigenvalue weighted by atomic mass is 15.6. The van der Waals surface area contributed by atoms with Crippen molar-refractivity contribution in [3.05, 3.63) is 41.6 Å². The largest absolute Gasteiger partial charge is 0.276 e. The Morgan fingerprint density at radius 2 is 2.08 bits per heavy atom. The van der Waals surface area contributed by atoms with Crippen LogP contribution in [0.5, 0.6) is 0 Å². The highest BCUT2D eigenvalue weighted by Gasteiger charge is 2.41. The summed E-state index contributed by atoms with van der Waals surface area (Å²) in [6, 6.07) is 11.2. The minimum atomic E-state index is 0.613. The van der Waals surface area contributed by atoms with E-state index in [-0.39, 0.29) is 0 Å². The number of nitrogens with zero attached hydrogens (tertiary/aromatic N) is 1. The molecule has 0 saturated carbocycles. The molecule has 0 amide bonds. The van der Waals surface area contributed by atoms with E-state index in [2.05, 4.69) is 47.7 Å². The minimum Gasteiger partial charge on any atom is -0.276 e. The Labute approximate surface area is 77.8 Å². The maximum Gasteiger partial charge on any atom is 0.0857 e. The van der Waals surface area contributed by atoms with E-state index in [1.54, 1.807) is 0 Å². The van der Waals surface area contributed by atoms with Gasteiger partial charge in [-0.3, -0.25) is 5.01 Å². The Bertz CT molecular complexity index is 367. The molecule has 3 rings (SSSR count). The minimum absolute atomic E-state index is 0.613. The fourth-order valence-electron chi connectivity index (χ4n) is 1.98. The Balaban J connectivity index is 1.92. The van der Waals surface area contributed by atoms with Crippen LogP contribution in [0.3, 0.4) is 0 Å². The van der Waals surface area contributed by atoms with Crippen molar-refractivity contribution < 1.29 is 0 Å². The molecule has 1 unspecified atom stereocenters. The second kappa shape index (κ2) is 2.36. The van der Waals surface area contributed by atoms with Gasteiger partial charge in [0, 0.05) is 18.0 Å². The summed E-state index contributed by atoms with van der Waals surface area (Å²) >= 11 is 0. The second-order valence-electron chi connectivity index (χ2n) is 3.73. The van der Waals surface area contributed by atoms with Crippen molar-refractivity contribution in [3.63, 3.8) is 0 Å². The smallest absolute Gasteiger partial charge is 0.0857 e. The zero-order valence-corrected chi connectivity index (χ0v) is 7.62. The van der Waals surface area contributed by atoms with Crippen molar-refractivity contribution in [1.82, 2.24) is 10.4 Å². The molecule has 1 atom stereocenters. The predicted molar refractivity (Wildman–Crippen MR) is 52.4 cm³/mol. The van der Waals surface area contributed by atoms with Gasteiger partial charge in [0.1, 0.15) is 0 Å². The van der Waals surface area contributed by atoms with Gasteiger partial charge in [-0.05, 0) is 6.92 Å². The van der Waals surface area contributed by atoms with E-state index in [0.717, 1.165) is 0 Å². The van der Waals surface area contributed by atoms with Gasteiger partial charge in [-0.2, -0.15) is 0 Å². The van der Waals surface area contributed by atoms with E-state index in [0.29, 0.717) is 6.04 Å². The lowest BCUT2D eigenvalue weighted by molar-refractivity contribution is 0.442. The van der Waals surface area contributed by atoms with Gasteiger partial charge in [-0.15, -0.1) is 0 Å². The quantitative estimate of drug-likeness (QED) is 0.696. The van der Waals surface area contributed by atoms with Gasteiger partial charge in [0.05, 0.1) is 11.4 Å². The van der Waals surface area contributed by atoms with Crippen LogP contribution in [-0.2, 0) is 0 Å². The third kappa shape index (κ3) is 0.988. The zero-order chi connectivity index (χ0) is 8.84. The average Bonchev–Trinajstić information content (AvgIpc) is 2.66. The Kier molecular flexibility index (Phi) is 1.30. The molecule has 1 N–H and O–H groups in total. The van der Waals surface area contributed by atoms with Crippen LogP contribution in [0, 0.1) is 0 Å². The lowest BCUT2D eigenvalue weighted by Gasteiger charge is -2.07. The molecular formula is C11H12N2. The van der Waals surface area contributed by atoms with Crippen LogP contribution in [0.25, 0.3) is 5.70 Å². The summed E-state index contributed by atoms with van der Waals surface area (Å²) in [7, 11) is 0. The van der Waals surface area contributed by atoms with E-state index in [1.807, 2.05) is 0 Å². The highest BCUT2D eigenvalue weighted by molar-refractivity contribution is 5.79. The van der Waals surface area contributed by atoms with Crippen LogP contribution < -0.4 is 5.43 Å². The molecule has 2 heterocycles. The van der Waals surface area contributed by atoms with Crippen molar-refractivity contribution in [3.8, 4) is 0 Å². The first-order valence-corrected chi connectivity index (χ1v) is 4.71. The van der Waals surface area contributed by atoms with Gasteiger partial charge in [0.25, 0.3) is 0 Å². The highest BCUT2D eigenvalue weighted by Crippen LogP contribution is 2.44. The molecule has 0 aliphatic carbocycles. The maximum atomic E-state index is 3.40. The Morgan fingerprint density at radius 3 is 2.69 bits per heavy atom. The first-order valence-electron chi connectivity index (χ1n) is 4.71. The van der Waals surface area contributed by atoms with Crippen LogP contribution in [0.4, 0.5) is 0 Å². The molecule has 2 nitrogen and oxygen atoms in total. The zero-order valence-electron chi connectivity index (χ0n) is 7.62. The number of rotatable bonds is 1. The van der Waals surface area contributed by atoms with Crippen LogP contribution in [0.2, 0.25) is 0 Å². The van der Waals surface area contributed by atoms with Crippen LogP contribution in [-0.4, -0.2) is 11.1 Å². The van der Waals surface area contributed by atoms with Crippen LogP contribution >= 0.6 is 0 Å². The fraction of sp³-hybridized carbons (Fsp3) is 0.273. The summed E-state index contributed by atoms with van der Waals surface area (Å²) in [5.74, 6) is 0. The lowest BCUT2D eigenvalue weighted by Crippen LogP contribution is -2.25. The molecule has 66 valence electrons. The first-order chi connectivity index (χ1) is 6.36. The second-order valence-corrected chi connectivity index (χ2v) is 3.73. The lowest BCUT2D eigenvalue weighted by atomic mass is 10.1. The molecule has 2 aliphatic rings. The molecule has 1 saturated heterocycles. The molecule has 0 aromatic heterocycles. The van der Waals surface area contributed by atoms with Gasteiger partial charge >= 0.3 is 0 Å².